The van der Waals surface area contributed by atoms with E-state index in [9.17, 15) is 29.1 Å². The van der Waals surface area contributed by atoms with Crippen LogP contribution in [0, 0.1) is 5.92 Å². The molecule has 11 nitrogen and oxygen atoms in total. The van der Waals surface area contributed by atoms with Crippen LogP contribution in [0.2, 0.25) is 0 Å². The molecule has 0 bridgehead atoms. The first-order valence-corrected chi connectivity index (χ1v) is 9.18. The molecule has 1 fully saturated rings. The van der Waals surface area contributed by atoms with Gasteiger partial charge < -0.3 is 32.1 Å². The highest BCUT2D eigenvalue weighted by Crippen LogP contribution is 2.20. The summed E-state index contributed by atoms with van der Waals surface area (Å²) in [6, 6.07) is -3.18. The second-order valence-electron chi connectivity index (χ2n) is 7.21. The first-order valence-electron chi connectivity index (χ1n) is 9.18. The van der Waals surface area contributed by atoms with E-state index in [1.807, 2.05) is 13.8 Å². The van der Waals surface area contributed by atoms with Gasteiger partial charge in [0.1, 0.15) is 18.1 Å². The highest BCUT2D eigenvalue weighted by Gasteiger charge is 2.39. The summed E-state index contributed by atoms with van der Waals surface area (Å²) in [6.45, 7) is 3.54. The zero-order valence-electron chi connectivity index (χ0n) is 16.1. The molecule has 3 atom stereocenters. The van der Waals surface area contributed by atoms with E-state index in [0.717, 1.165) is 0 Å². The number of rotatable bonds is 10. The molecule has 0 aromatic carbocycles. The second-order valence-corrected chi connectivity index (χ2v) is 7.21. The van der Waals surface area contributed by atoms with Crippen LogP contribution in [0.3, 0.4) is 0 Å². The molecule has 0 aromatic rings. The molecule has 11 heteroatoms. The van der Waals surface area contributed by atoms with Crippen molar-refractivity contribution in [3.05, 3.63) is 0 Å². The average Bonchev–Trinajstić information content (AvgIpc) is 3.08. The van der Waals surface area contributed by atoms with Gasteiger partial charge in [-0.1, -0.05) is 13.8 Å². The number of primary amides is 1. The van der Waals surface area contributed by atoms with Gasteiger partial charge in [-0.15, -0.1) is 0 Å². The third kappa shape index (κ3) is 6.80. The minimum absolute atomic E-state index is 0.0501. The molecule has 0 saturated carbocycles. The molecule has 1 aliphatic heterocycles. The van der Waals surface area contributed by atoms with Gasteiger partial charge in [0.2, 0.25) is 23.6 Å². The van der Waals surface area contributed by atoms with Gasteiger partial charge in [-0.2, -0.15) is 0 Å². The number of hydrogen-bond acceptors (Lipinski definition) is 6. The fourth-order valence-corrected chi connectivity index (χ4v) is 3.12. The average molecular weight is 399 g/mol. The van der Waals surface area contributed by atoms with Gasteiger partial charge >= 0.3 is 5.97 Å². The molecule has 1 aliphatic rings. The van der Waals surface area contributed by atoms with Crippen molar-refractivity contribution in [2.45, 2.75) is 57.7 Å². The first kappa shape index (κ1) is 23.3. The van der Waals surface area contributed by atoms with Crippen LogP contribution < -0.4 is 22.1 Å². The maximum atomic E-state index is 12.8. The van der Waals surface area contributed by atoms with Gasteiger partial charge in [-0.05, 0) is 25.2 Å². The van der Waals surface area contributed by atoms with E-state index in [4.69, 9.17) is 11.5 Å². The Morgan fingerprint density at radius 2 is 1.79 bits per heavy atom. The third-order valence-corrected chi connectivity index (χ3v) is 4.38. The highest BCUT2D eigenvalue weighted by atomic mass is 16.4. The molecule has 0 aliphatic carbocycles. The fourth-order valence-electron chi connectivity index (χ4n) is 3.12. The molecule has 4 amide bonds. The van der Waals surface area contributed by atoms with E-state index in [1.54, 1.807) is 0 Å². The molecule has 158 valence electrons. The zero-order valence-corrected chi connectivity index (χ0v) is 16.1. The summed E-state index contributed by atoms with van der Waals surface area (Å²) in [4.78, 5) is 60.9. The first-order chi connectivity index (χ1) is 13.1. The van der Waals surface area contributed by atoms with Crippen molar-refractivity contribution in [1.82, 2.24) is 15.5 Å². The Labute approximate surface area is 163 Å². The summed E-state index contributed by atoms with van der Waals surface area (Å²) in [5, 5.41) is 14.1. The van der Waals surface area contributed by atoms with Crippen molar-refractivity contribution in [2.75, 3.05) is 13.1 Å². The van der Waals surface area contributed by atoms with E-state index >= 15 is 0 Å². The molecule has 0 spiro atoms. The van der Waals surface area contributed by atoms with Crippen molar-refractivity contribution in [3.8, 4) is 0 Å². The number of carboxylic acids is 1. The summed E-state index contributed by atoms with van der Waals surface area (Å²) >= 11 is 0. The second kappa shape index (κ2) is 10.6. The smallest absolute Gasteiger partial charge is 0.326 e. The van der Waals surface area contributed by atoms with E-state index in [2.05, 4.69) is 10.6 Å². The minimum Gasteiger partial charge on any atom is -0.480 e. The lowest BCUT2D eigenvalue weighted by Crippen LogP contribution is -2.56. The molecule has 7 N–H and O–H groups in total. The number of carbonyl (C=O) groups excluding carboxylic acids is 4. The standard InChI is InChI=1S/C17H29N5O6/c1-9(2)6-11(17(27)28)21-15(25)12-4-3-5-22(12)16(26)10(7-13(19)23)20-14(24)8-18/h9-12H,3-8,18H2,1-2H3,(H2,19,23)(H,20,24)(H,21,25)(H,27,28). The molecule has 1 saturated heterocycles. The Hall–Kier alpha value is -2.69. The number of likely N-dealkylation sites (tertiary alicyclic amines) is 1. The van der Waals surface area contributed by atoms with Crippen molar-refractivity contribution >= 4 is 29.6 Å². The van der Waals surface area contributed by atoms with E-state index in [-0.39, 0.29) is 25.4 Å². The van der Waals surface area contributed by atoms with Crippen LogP contribution in [-0.4, -0.2) is 70.8 Å². The van der Waals surface area contributed by atoms with Crippen LogP contribution in [0.25, 0.3) is 0 Å². The van der Waals surface area contributed by atoms with Crippen LogP contribution in [0.1, 0.15) is 39.5 Å². The SMILES string of the molecule is CC(C)CC(NC(=O)C1CCCN1C(=O)C(CC(N)=O)NC(=O)CN)C(=O)O. The number of nitrogens with zero attached hydrogens (tertiary/aromatic N) is 1. The van der Waals surface area contributed by atoms with Crippen LogP contribution >= 0.6 is 0 Å². The third-order valence-electron chi connectivity index (χ3n) is 4.38. The Morgan fingerprint density at radius 3 is 2.29 bits per heavy atom. The largest absolute Gasteiger partial charge is 0.480 e. The molecular weight excluding hydrogens is 370 g/mol. The lowest BCUT2D eigenvalue weighted by molar-refractivity contribution is -0.145. The van der Waals surface area contributed by atoms with E-state index < -0.39 is 54.1 Å². The Bertz CT molecular complexity index is 623. The lowest BCUT2D eigenvalue weighted by atomic mass is 10.0. The normalized spacial score (nSPS) is 18.4. The van der Waals surface area contributed by atoms with E-state index in [0.29, 0.717) is 12.8 Å². The Kier molecular flexibility index (Phi) is 8.83. The summed E-state index contributed by atoms with van der Waals surface area (Å²) in [6.07, 6.45) is 0.693. The van der Waals surface area contributed by atoms with Crippen molar-refractivity contribution < 1.29 is 29.1 Å². The Morgan fingerprint density at radius 1 is 1.14 bits per heavy atom. The number of aliphatic carboxylic acids is 1. The van der Waals surface area contributed by atoms with Gasteiger partial charge in [0.15, 0.2) is 0 Å². The molecule has 1 rings (SSSR count). The summed E-state index contributed by atoms with van der Waals surface area (Å²) < 4.78 is 0. The molecule has 1 heterocycles. The summed E-state index contributed by atoms with van der Waals surface area (Å²) in [5.74, 6) is -3.74. The monoisotopic (exact) mass is 399 g/mol. The van der Waals surface area contributed by atoms with Gasteiger partial charge in [0.25, 0.3) is 0 Å². The molecule has 0 radical (unpaired) electrons. The molecule has 0 aromatic heterocycles. The van der Waals surface area contributed by atoms with Crippen molar-refractivity contribution in [1.29, 1.82) is 0 Å². The molecule has 28 heavy (non-hydrogen) atoms. The van der Waals surface area contributed by atoms with Crippen LogP contribution in [0.4, 0.5) is 0 Å². The Balaban J connectivity index is 2.91. The zero-order chi connectivity index (χ0) is 21.4. The van der Waals surface area contributed by atoms with E-state index in [1.165, 1.54) is 4.90 Å². The van der Waals surface area contributed by atoms with Gasteiger partial charge in [-0.3, -0.25) is 19.2 Å². The number of amides is 4. The minimum atomic E-state index is -1.23. The topological polar surface area (TPSA) is 185 Å². The number of nitrogens with one attached hydrogen (secondary N) is 2. The van der Waals surface area contributed by atoms with Crippen molar-refractivity contribution in [2.24, 2.45) is 17.4 Å². The van der Waals surface area contributed by atoms with Gasteiger partial charge in [-0.25, -0.2) is 4.79 Å². The summed E-state index contributed by atoms with van der Waals surface area (Å²) in [7, 11) is 0. The number of carboxylic acid groups (broad SMARTS) is 1. The maximum absolute atomic E-state index is 12.8. The molecular formula is C17H29N5O6. The maximum Gasteiger partial charge on any atom is 0.326 e. The van der Waals surface area contributed by atoms with Crippen LogP contribution in [-0.2, 0) is 24.0 Å². The summed E-state index contributed by atoms with van der Waals surface area (Å²) in [5.41, 5.74) is 10.4. The number of carbonyl (C=O) groups is 5. The van der Waals surface area contributed by atoms with Crippen LogP contribution in [0.5, 0.6) is 0 Å². The quantitative estimate of drug-likeness (QED) is 0.279. The fraction of sp³-hybridized carbons (Fsp3) is 0.706. The predicted molar refractivity (Wildman–Crippen MR) is 98.6 cm³/mol. The lowest BCUT2D eigenvalue weighted by Gasteiger charge is -2.29. The van der Waals surface area contributed by atoms with Crippen LogP contribution in [0.15, 0.2) is 0 Å². The van der Waals surface area contributed by atoms with Gasteiger partial charge in [0.05, 0.1) is 13.0 Å². The predicted octanol–water partition coefficient (Wildman–Crippen LogP) is -2.09. The molecule has 3 unspecified atom stereocenters. The van der Waals surface area contributed by atoms with Crippen molar-refractivity contribution in [3.63, 3.8) is 0 Å². The number of hydrogen-bond donors (Lipinski definition) is 5. The highest BCUT2D eigenvalue weighted by molar-refractivity contribution is 5.96. The van der Waals surface area contributed by atoms with Gasteiger partial charge in [0, 0.05) is 6.54 Å². The number of nitrogens with two attached hydrogens (primary N) is 2.